The number of amides is 3. The Balaban J connectivity index is 1.37. The molecule has 0 bridgehead atoms. The van der Waals surface area contributed by atoms with Gasteiger partial charge >= 0.3 is 11.9 Å². The minimum absolute atomic E-state index is 0.0472. The van der Waals surface area contributed by atoms with E-state index in [9.17, 15) is 39.3 Å². The van der Waals surface area contributed by atoms with Gasteiger partial charge in [0.1, 0.15) is 31.1 Å². The maximum atomic E-state index is 14.9. The first kappa shape index (κ1) is 50.4. The summed E-state index contributed by atoms with van der Waals surface area (Å²) in [5.41, 5.74) is 29.6. The van der Waals surface area contributed by atoms with E-state index in [1.165, 1.54) is 19.1 Å². The van der Waals surface area contributed by atoms with Crippen molar-refractivity contribution in [3.63, 3.8) is 0 Å². The largest absolute Gasteiger partial charge is 0.478 e. The number of aliphatic hydroxyl groups excluding tert-OH is 2. The highest BCUT2D eigenvalue weighted by molar-refractivity contribution is 7.20. The average molecular weight is 923 g/mol. The van der Waals surface area contributed by atoms with Crippen LogP contribution in [0.4, 0.5) is 0 Å². The summed E-state index contributed by atoms with van der Waals surface area (Å²) in [7, 11) is 0. The number of quaternary nitrogens is 1. The van der Waals surface area contributed by atoms with Gasteiger partial charge in [0.25, 0.3) is 5.91 Å². The van der Waals surface area contributed by atoms with Gasteiger partial charge in [0.2, 0.25) is 11.7 Å². The Hall–Kier alpha value is -5.62. The number of benzene rings is 2. The minimum Gasteiger partial charge on any atom is -0.478 e. The summed E-state index contributed by atoms with van der Waals surface area (Å²) < 4.78 is 0.430. The van der Waals surface area contributed by atoms with Gasteiger partial charge < -0.3 is 54.6 Å². The molecule has 0 radical (unpaired) electrons. The van der Waals surface area contributed by atoms with Gasteiger partial charge in [-0.25, -0.2) is 19.1 Å². The Morgan fingerprint density at radius 3 is 2.22 bits per heavy atom. The molecular weight excluding hydrogens is 859 g/mol. The van der Waals surface area contributed by atoms with E-state index in [0.717, 1.165) is 11.3 Å². The van der Waals surface area contributed by atoms with Gasteiger partial charge in [-0.3, -0.25) is 35.0 Å². The van der Waals surface area contributed by atoms with Crippen LogP contribution in [-0.2, 0) is 16.1 Å². The molecule has 2 aliphatic rings. The number of nitrogens with two attached hydrogens (primary N) is 5. The summed E-state index contributed by atoms with van der Waals surface area (Å²) in [4.78, 5) is 80.4. The average Bonchev–Trinajstić information content (AvgIpc) is 3.89. The maximum absolute atomic E-state index is 14.9. The molecule has 2 aliphatic heterocycles. The SMILES string of the molecule is CC(O)N[C@@H](CCCCN)C(=O)N[C@@H](CCCN=C(N)N)C(O)N[C@H]1CC(C)C2C[N+]2([C@@H](CCCN=C(N)N)C(=O)c2nc3ccc(C(=O)NCc4ccc(C(=O)O)cc4)cc3s2)C1=O. The third-order valence-electron chi connectivity index (χ3n) is 12.0. The standard InChI is InChI=1S/C43H63N13O8S/c1-23-19-31(54-38(61)30(8-5-17-49-42(45)46)53-37(60)29(52-24(2)57)7-3-4-16-44)40(62)56(22-33(23)56)32(9-6-18-50-43(47)48)35(58)39-55-28-15-14-27(20-34(28)65-39)36(59)51-21-25-10-12-26(13-11-25)41(63)64/h10-15,20,23-24,29-33,38,52,54,57,61H,3-9,16-19,21-22,44H2,1-2H3,(H10-,45,46,47,48,49,50,51,53,59,60,63,64)/p+1/t23?,24?,29-,30-,31-,32-,33?,38?,56?/m0/s1. The first-order valence-electron chi connectivity index (χ1n) is 21.9. The third-order valence-corrected chi connectivity index (χ3v) is 13.0. The minimum atomic E-state index is -1.41. The molecule has 0 saturated carbocycles. The smallest absolute Gasteiger partial charge is 0.335 e. The second kappa shape index (κ2) is 23.0. The van der Waals surface area contributed by atoms with Crippen molar-refractivity contribution < 1.29 is 43.8 Å². The van der Waals surface area contributed by atoms with E-state index in [1.807, 2.05) is 6.92 Å². The van der Waals surface area contributed by atoms with Gasteiger partial charge in [-0.2, -0.15) is 0 Å². The fraction of sp³-hybridized carbons (Fsp3) is 0.535. The quantitative estimate of drug-likeness (QED) is 0.00921. The number of ketones is 1. The number of rotatable bonds is 26. The van der Waals surface area contributed by atoms with E-state index < -0.39 is 48.5 Å². The molecule has 0 spiro atoms. The van der Waals surface area contributed by atoms with Crippen LogP contribution in [0.2, 0.25) is 0 Å². The number of aromatic carboxylic acids is 1. The van der Waals surface area contributed by atoms with Gasteiger partial charge in [0.15, 0.2) is 23.0 Å². The number of Topliss-reactive ketones (excluding diaryl/α,β-unsaturated/α-hetero) is 1. The molecule has 354 valence electrons. The molecule has 3 heterocycles. The van der Waals surface area contributed by atoms with Crippen molar-refractivity contribution in [3.05, 3.63) is 64.2 Å². The summed E-state index contributed by atoms with van der Waals surface area (Å²) in [6.07, 6.45) is 0.907. The van der Waals surface area contributed by atoms with E-state index in [2.05, 4.69) is 36.2 Å². The van der Waals surface area contributed by atoms with Gasteiger partial charge in [-0.1, -0.05) is 25.5 Å². The number of carbonyl (C=O) groups is 5. The second-order valence-corrected chi connectivity index (χ2v) is 17.9. The zero-order valence-electron chi connectivity index (χ0n) is 36.8. The molecule has 5 unspecified atom stereocenters. The number of carboxylic acids is 1. The molecule has 2 saturated heterocycles. The van der Waals surface area contributed by atoms with Crippen LogP contribution in [0.5, 0.6) is 0 Å². The molecule has 3 aromatic rings. The summed E-state index contributed by atoms with van der Waals surface area (Å²) >= 11 is 1.12. The Morgan fingerprint density at radius 2 is 1.58 bits per heavy atom. The van der Waals surface area contributed by atoms with Gasteiger partial charge in [-0.05, 0) is 87.9 Å². The highest BCUT2D eigenvalue weighted by Crippen LogP contribution is 2.48. The lowest BCUT2D eigenvalue weighted by Gasteiger charge is -2.37. The fourth-order valence-electron chi connectivity index (χ4n) is 8.66. The van der Waals surface area contributed by atoms with Crippen LogP contribution in [0, 0.1) is 5.92 Å². The van der Waals surface area contributed by atoms with Crippen LogP contribution in [0.25, 0.3) is 10.2 Å². The van der Waals surface area contributed by atoms with Crippen molar-refractivity contribution >= 4 is 62.9 Å². The number of unbranched alkanes of at least 4 members (excludes halogenated alkanes) is 1. The summed E-state index contributed by atoms with van der Waals surface area (Å²) in [5, 5.41) is 42.9. The van der Waals surface area contributed by atoms with Crippen LogP contribution in [0.15, 0.2) is 52.4 Å². The van der Waals surface area contributed by atoms with Gasteiger partial charge in [0.05, 0.1) is 27.9 Å². The van der Waals surface area contributed by atoms with Crippen molar-refractivity contribution in [2.75, 3.05) is 26.2 Å². The highest BCUT2D eigenvalue weighted by Gasteiger charge is 2.72. The Bertz CT molecular complexity index is 2210. The number of aliphatic imine (C=N–C) groups is 2. The summed E-state index contributed by atoms with van der Waals surface area (Å²) in [5.74, 6) is -2.73. The van der Waals surface area contributed by atoms with Crippen molar-refractivity contribution in [1.82, 2.24) is 26.3 Å². The fourth-order valence-corrected chi connectivity index (χ4v) is 9.65. The van der Waals surface area contributed by atoms with Crippen molar-refractivity contribution in [1.29, 1.82) is 0 Å². The number of aromatic nitrogens is 1. The molecule has 65 heavy (non-hydrogen) atoms. The molecule has 2 fully saturated rings. The molecule has 9 atom stereocenters. The lowest BCUT2D eigenvalue weighted by Crippen LogP contribution is -2.64. The Morgan fingerprint density at radius 1 is 0.923 bits per heavy atom. The number of fused-ring (bicyclic) bond motifs is 2. The molecule has 22 heteroatoms. The normalized spacial score (nSPS) is 21.2. The van der Waals surface area contributed by atoms with E-state index in [4.69, 9.17) is 28.7 Å². The zero-order chi connectivity index (χ0) is 47.4. The molecule has 1 aromatic heterocycles. The number of carboxylic acid groups (broad SMARTS) is 1. The molecular formula is C43H64N13O8S+. The van der Waals surface area contributed by atoms with Crippen molar-refractivity contribution in [2.45, 2.75) is 114 Å². The van der Waals surface area contributed by atoms with E-state index in [0.29, 0.717) is 73.0 Å². The van der Waals surface area contributed by atoms with Crippen LogP contribution >= 0.6 is 11.3 Å². The van der Waals surface area contributed by atoms with Crippen LogP contribution in [0.1, 0.15) is 101 Å². The van der Waals surface area contributed by atoms with E-state index in [1.54, 1.807) is 30.3 Å². The number of carbonyl (C=O) groups excluding carboxylic acids is 4. The zero-order valence-corrected chi connectivity index (χ0v) is 37.6. The van der Waals surface area contributed by atoms with Crippen LogP contribution in [-0.4, -0.2) is 135 Å². The molecule has 5 rings (SSSR count). The van der Waals surface area contributed by atoms with Crippen molar-refractivity contribution in [3.8, 4) is 0 Å². The molecule has 17 N–H and O–H groups in total. The molecule has 0 aliphatic carbocycles. The summed E-state index contributed by atoms with van der Waals surface area (Å²) in [6.45, 7) is 4.97. The number of hydrogen-bond donors (Lipinski definition) is 12. The van der Waals surface area contributed by atoms with Crippen molar-refractivity contribution in [2.24, 2.45) is 44.6 Å². The molecule has 2 aromatic carbocycles. The number of nitrogens with one attached hydrogen (secondary N) is 4. The number of thiazole rings is 1. The summed E-state index contributed by atoms with van der Waals surface area (Å²) in [6, 6.07) is 7.47. The maximum Gasteiger partial charge on any atom is 0.335 e. The van der Waals surface area contributed by atoms with Crippen LogP contribution < -0.4 is 49.9 Å². The molecule has 3 amide bonds. The monoisotopic (exact) mass is 922 g/mol. The highest BCUT2D eigenvalue weighted by atomic mass is 32.1. The van der Waals surface area contributed by atoms with E-state index in [-0.39, 0.29) is 89.0 Å². The predicted molar refractivity (Wildman–Crippen MR) is 246 cm³/mol. The number of hydrogen-bond acceptors (Lipinski definition) is 14. The van der Waals surface area contributed by atoms with Gasteiger partial charge in [-0.15, -0.1) is 11.3 Å². The lowest BCUT2D eigenvalue weighted by molar-refractivity contribution is -0.760. The predicted octanol–water partition coefficient (Wildman–Crippen LogP) is -0.465. The first-order chi connectivity index (χ1) is 30.9. The molecule has 21 nitrogen and oxygen atoms in total. The second-order valence-electron chi connectivity index (χ2n) is 16.9. The third kappa shape index (κ3) is 13.2. The number of piperidine rings is 1. The van der Waals surface area contributed by atoms with Gasteiger partial charge in [0, 0.05) is 37.5 Å². The topological polar surface area (TPSA) is 362 Å². The van der Waals surface area contributed by atoms with E-state index >= 15 is 0 Å². The lowest BCUT2D eigenvalue weighted by atomic mass is 9.90. The number of nitrogens with zero attached hydrogens (tertiary/aromatic N) is 4. The number of guanidine groups is 2. The first-order valence-corrected chi connectivity index (χ1v) is 22.7. The number of aliphatic hydroxyl groups is 2. The van der Waals surface area contributed by atoms with Crippen LogP contribution in [0.3, 0.4) is 0 Å². The Kier molecular flexibility index (Phi) is 17.8. The Labute approximate surface area is 381 Å².